The number of ether oxygens (including phenoxy) is 1. The summed E-state index contributed by atoms with van der Waals surface area (Å²) in [5.74, 6) is -2.42. The van der Waals surface area contributed by atoms with E-state index < -0.39 is 24.5 Å². The zero-order chi connectivity index (χ0) is 34.1. The van der Waals surface area contributed by atoms with E-state index in [2.05, 4.69) is 48.8 Å². The molecule has 0 aliphatic rings. The van der Waals surface area contributed by atoms with Gasteiger partial charge in [0, 0.05) is 12.8 Å². The first-order chi connectivity index (χ1) is 22.3. The molecule has 0 rings (SSSR count). The summed E-state index contributed by atoms with van der Waals surface area (Å²) in [4.78, 5) is 46.9. The van der Waals surface area contributed by atoms with E-state index in [1.54, 1.807) is 0 Å². The fourth-order valence-corrected chi connectivity index (χ4v) is 5.15. The lowest BCUT2D eigenvalue weighted by Gasteiger charge is -2.17. The van der Waals surface area contributed by atoms with Crippen LogP contribution in [0.2, 0.25) is 0 Å². The minimum Gasteiger partial charge on any atom is -0.480 e. The number of carbonyl (C=O) groups excluding carboxylic acids is 3. The molecule has 0 spiro atoms. The number of carboxylic acid groups (broad SMARTS) is 1. The van der Waals surface area contributed by atoms with Gasteiger partial charge in [-0.25, -0.2) is 4.79 Å². The fraction of sp³-hybridized carbons (Fsp3) is 0.784. The van der Waals surface area contributed by atoms with E-state index in [0.717, 1.165) is 51.4 Å². The second-order valence-electron chi connectivity index (χ2n) is 12.3. The number of nitrogens with one attached hydrogen (secondary N) is 2. The van der Waals surface area contributed by atoms with Crippen molar-refractivity contribution in [2.45, 2.75) is 174 Å². The average Bonchev–Trinajstić information content (AvgIpc) is 3.03. The van der Waals surface area contributed by atoms with E-state index in [9.17, 15) is 19.2 Å². The van der Waals surface area contributed by atoms with Gasteiger partial charge in [-0.3, -0.25) is 14.4 Å². The second kappa shape index (κ2) is 32.3. The quantitative estimate of drug-likeness (QED) is 0.0332. The average molecular weight is 651 g/mol. The zero-order valence-corrected chi connectivity index (χ0v) is 29.1. The van der Waals surface area contributed by atoms with Gasteiger partial charge in [0.2, 0.25) is 11.8 Å². The third kappa shape index (κ3) is 28.8. The van der Waals surface area contributed by atoms with E-state index in [1.165, 1.54) is 77.0 Å². The standard InChI is InChI=1S/C37H66N2O7/c1-3-5-6-7-8-9-10-11-12-13-14-15-16-17-18-19-20-21-25-29-36(43)46-32(26-4-2)27-23-22-24-28-34(41)38-30-35(42)39-33(31-40)37(44)45/h8-9,11-12,32-33,40H,3-7,10,13-31H2,1-2H3,(H,38,41)(H,39,42)(H,44,45)/b9-8-,12-11-. The number of carboxylic acids is 1. The predicted molar refractivity (Wildman–Crippen MR) is 185 cm³/mol. The maximum atomic E-state index is 12.4. The van der Waals surface area contributed by atoms with Gasteiger partial charge in [0.25, 0.3) is 0 Å². The Hall–Kier alpha value is -2.68. The molecule has 4 N–H and O–H groups in total. The molecule has 0 radical (unpaired) electrons. The smallest absolute Gasteiger partial charge is 0.328 e. The predicted octanol–water partition coefficient (Wildman–Crippen LogP) is 7.70. The lowest BCUT2D eigenvalue weighted by molar-refractivity contribution is -0.150. The van der Waals surface area contributed by atoms with Crippen LogP contribution in [0.15, 0.2) is 24.3 Å². The largest absolute Gasteiger partial charge is 0.480 e. The van der Waals surface area contributed by atoms with Gasteiger partial charge in [0.05, 0.1) is 13.2 Å². The number of allylic oxidation sites excluding steroid dienone is 4. The second-order valence-corrected chi connectivity index (χ2v) is 12.3. The van der Waals surface area contributed by atoms with Crippen LogP contribution >= 0.6 is 0 Å². The molecule has 0 bridgehead atoms. The van der Waals surface area contributed by atoms with Gasteiger partial charge >= 0.3 is 11.9 Å². The molecular formula is C37H66N2O7. The molecule has 46 heavy (non-hydrogen) atoms. The molecule has 9 nitrogen and oxygen atoms in total. The molecule has 0 heterocycles. The van der Waals surface area contributed by atoms with Gasteiger partial charge in [-0.15, -0.1) is 0 Å². The molecule has 266 valence electrons. The number of unbranched alkanes of at least 4 members (excludes halogenated alkanes) is 14. The van der Waals surface area contributed by atoms with Gasteiger partial charge in [0.15, 0.2) is 0 Å². The van der Waals surface area contributed by atoms with Gasteiger partial charge in [-0.05, 0) is 64.2 Å². The van der Waals surface area contributed by atoms with Crippen molar-refractivity contribution in [3.8, 4) is 0 Å². The normalized spacial score (nSPS) is 12.8. The van der Waals surface area contributed by atoms with E-state index >= 15 is 0 Å². The molecule has 0 aliphatic carbocycles. The topological polar surface area (TPSA) is 142 Å². The highest BCUT2D eigenvalue weighted by molar-refractivity contribution is 5.87. The van der Waals surface area contributed by atoms with Crippen LogP contribution in [-0.4, -0.2) is 59.3 Å². The molecule has 2 atom stereocenters. The van der Waals surface area contributed by atoms with Crippen LogP contribution in [0.5, 0.6) is 0 Å². The summed E-state index contributed by atoms with van der Waals surface area (Å²) in [6.45, 7) is 3.26. The van der Waals surface area contributed by atoms with Gasteiger partial charge in [0.1, 0.15) is 12.1 Å². The van der Waals surface area contributed by atoms with Crippen molar-refractivity contribution >= 4 is 23.8 Å². The first-order valence-electron chi connectivity index (χ1n) is 18.2. The van der Waals surface area contributed by atoms with Crippen molar-refractivity contribution in [1.82, 2.24) is 10.6 Å². The van der Waals surface area contributed by atoms with Crippen LogP contribution in [0, 0.1) is 0 Å². The van der Waals surface area contributed by atoms with E-state index in [1.807, 2.05) is 0 Å². The number of esters is 1. The summed E-state index contributed by atoms with van der Waals surface area (Å²) in [6.07, 6.45) is 32.9. The number of aliphatic carboxylic acids is 1. The molecule has 2 amide bonds. The SMILES string of the molecule is CCCCC/C=C\C/C=C\CCCCCCCCCCCC(=O)OC(CCC)CCCCCC(=O)NCC(=O)NC(CO)C(=O)O. The van der Waals surface area contributed by atoms with E-state index in [0.29, 0.717) is 12.8 Å². The third-order valence-electron chi connectivity index (χ3n) is 7.93. The number of hydrogen-bond donors (Lipinski definition) is 4. The first kappa shape index (κ1) is 43.3. The van der Waals surface area contributed by atoms with Crippen molar-refractivity contribution in [1.29, 1.82) is 0 Å². The molecule has 0 saturated carbocycles. The van der Waals surface area contributed by atoms with Crippen LogP contribution in [0.1, 0.15) is 162 Å². The Labute approximate surface area is 279 Å². The van der Waals surface area contributed by atoms with E-state index in [4.69, 9.17) is 14.9 Å². The Bertz CT molecular complexity index is 844. The van der Waals surface area contributed by atoms with E-state index in [-0.39, 0.29) is 30.9 Å². The number of hydrogen-bond acceptors (Lipinski definition) is 6. The van der Waals surface area contributed by atoms with Gasteiger partial charge in [-0.1, -0.05) is 109 Å². The maximum Gasteiger partial charge on any atom is 0.328 e. The summed E-state index contributed by atoms with van der Waals surface area (Å²) in [7, 11) is 0. The molecule has 2 unspecified atom stereocenters. The van der Waals surface area contributed by atoms with Crippen LogP contribution in [0.3, 0.4) is 0 Å². The van der Waals surface area contributed by atoms with Gasteiger partial charge in [-0.2, -0.15) is 0 Å². The summed E-state index contributed by atoms with van der Waals surface area (Å²) in [6, 6.07) is -1.39. The Kier molecular flexibility index (Phi) is 30.4. The molecule has 0 fully saturated rings. The Morgan fingerprint density at radius 1 is 0.652 bits per heavy atom. The fourth-order valence-electron chi connectivity index (χ4n) is 5.15. The van der Waals surface area contributed by atoms with Crippen molar-refractivity contribution < 1.29 is 34.1 Å². The van der Waals surface area contributed by atoms with Crippen molar-refractivity contribution in [3.05, 3.63) is 24.3 Å². The van der Waals surface area contributed by atoms with Crippen molar-refractivity contribution in [3.63, 3.8) is 0 Å². The van der Waals surface area contributed by atoms with Crippen LogP contribution in [-0.2, 0) is 23.9 Å². The monoisotopic (exact) mass is 650 g/mol. The van der Waals surface area contributed by atoms with Crippen LogP contribution in [0.25, 0.3) is 0 Å². The molecule has 9 heteroatoms. The zero-order valence-electron chi connectivity index (χ0n) is 29.1. The van der Waals surface area contributed by atoms with Crippen molar-refractivity contribution in [2.24, 2.45) is 0 Å². The summed E-state index contributed by atoms with van der Waals surface area (Å²) in [5, 5.41) is 22.4. The Morgan fingerprint density at radius 2 is 1.22 bits per heavy atom. The molecule has 0 saturated heterocycles. The molecular weight excluding hydrogens is 584 g/mol. The molecule has 0 aliphatic heterocycles. The summed E-state index contributed by atoms with van der Waals surface area (Å²) in [5.41, 5.74) is 0. The molecule has 0 aromatic rings. The lowest BCUT2D eigenvalue weighted by Crippen LogP contribution is -2.47. The first-order valence-corrected chi connectivity index (χ1v) is 18.2. The molecule has 0 aromatic carbocycles. The highest BCUT2D eigenvalue weighted by Gasteiger charge is 2.19. The lowest BCUT2D eigenvalue weighted by atomic mass is 10.0. The number of aliphatic hydroxyl groups excluding tert-OH is 1. The highest BCUT2D eigenvalue weighted by Crippen LogP contribution is 2.16. The number of rotatable bonds is 32. The highest BCUT2D eigenvalue weighted by atomic mass is 16.5. The number of amides is 2. The minimum absolute atomic E-state index is 0.0867. The van der Waals surface area contributed by atoms with Gasteiger partial charge < -0.3 is 25.6 Å². The summed E-state index contributed by atoms with van der Waals surface area (Å²) >= 11 is 0. The van der Waals surface area contributed by atoms with Crippen LogP contribution in [0.4, 0.5) is 0 Å². The number of carbonyl (C=O) groups is 4. The maximum absolute atomic E-state index is 12.4. The Balaban J connectivity index is 3.75. The van der Waals surface area contributed by atoms with Crippen molar-refractivity contribution in [2.75, 3.05) is 13.2 Å². The third-order valence-corrected chi connectivity index (χ3v) is 7.93. The van der Waals surface area contributed by atoms with Crippen LogP contribution < -0.4 is 10.6 Å². The number of aliphatic hydroxyl groups is 1. The Morgan fingerprint density at radius 3 is 1.80 bits per heavy atom. The minimum atomic E-state index is -1.39. The molecule has 0 aromatic heterocycles. The summed E-state index contributed by atoms with van der Waals surface area (Å²) < 4.78 is 5.75.